The van der Waals surface area contributed by atoms with Gasteiger partial charge in [0.15, 0.2) is 23.2 Å². The fourth-order valence-corrected chi connectivity index (χ4v) is 8.95. The molecule has 4 aliphatic heterocycles. The zero-order chi connectivity index (χ0) is 40.1. The molecule has 298 valence electrons. The molecule has 2 fully saturated rings. The normalized spacial score (nSPS) is 26.4. The number of amides is 1. The number of phenols is 1. The first-order chi connectivity index (χ1) is 28.2. The first-order valence-electron chi connectivity index (χ1n) is 19.5. The molecule has 4 N–H and O–H groups in total. The number of carbonyl (C=O) groups excluding carboxylic acids is 2. The van der Waals surface area contributed by atoms with Crippen molar-refractivity contribution < 1.29 is 53.7 Å². The second-order valence-corrected chi connectivity index (χ2v) is 15.5. The molecule has 4 heterocycles. The molecule has 13 heteroatoms. The minimum absolute atomic E-state index is 0.0113. The Morgan fingerprint density at radius 3 is 2.79 bits per heavy atom. The minimum Gasteiger partial charge on any atom is -0.506 e. The van der Waals surface area contributed by atoms with Crippen LogP contribution in [0.2, 0.25) is 0 Å². The number of fused-ring (bicyclic) bond motifs is 5. The number of carbonyl (C=O) groups is 2. The molecule has 3 aromatic carbocycles. The Kier molecular flexibility index (Phi) is 9.99. The number of phenolic OH excluding ortho intramolecular Hbond substituents is 1. The van der Waals surface area contributed by atoms with Gasteiger partial charge < -0.3 is 49.0 Å². The highest BCUT2D eigenvalue weighted by Crippen LogP contribution is 2.47. The maximum Gasteiger partial charge on any atom is 0.254 e. The van der Waals surface area contributed by atoms with E-state index in [1.54, 1.807) is 24.4 Å². The predicted molar refractivity (Wildman–Crippen MR) is 210 cm³/mol. The van der Waals surface area contributed by atoms with Crippen LogP contribution in [0.4, 0.5) is 0 Å². The summed E-state index contributed by atoms with van der Waals surface area (Å²) < 4.78 is 30.4. The van der Waals surface area contributed by atoms with Gasteiger partial charge in [-0.05, 0) is 59.0 Å². The molecule has 6 aliphatic rings. The van der Waals surface area contributed by atoms with E-state index < -0.39 is 42.6 Å². The van der Waals surface area contributed by atoms with Gasteiger partial charge in [0.05, 0.1) is 49.6 Å². The Hall–Kier alpha value is -5.62. The van der Waals surface area contributed by atoms with E-state index in [4.69, 9.17) is 23.7 Å². The van der Waals surface area contributed by atoms with Crippen LogP contribution in [-0.2, 0) is 27.2 Å². The number of hydrogen-bond acceptors (Lipinski definition) is 12. The summed E-state index contributed by atoms with van der Waals surface area (Å²) >= 11 is 0. The summed E-state index contributed by atoms with van der Waals surface area (Å²) in [6.45, 7) is -1.16. The monoisotopic (exact) mass is 787 g/mol. The van der Waals surface area contributed by atoms with Crippen LogP contribution in [0.25, 0.3) is 10.8 Å². The molecular formula is C45H43N2O11+. The van der Waals surface area contributed by atoms with Crippen molar-refractivity contribution in [3.8, 4) is 29.3 Å². The highest BCUT2D eigenvalue weighted by atomic mass is 16.7. The lowest BCUT2D eigenvalue weighted by Gasteiger charge is -2.47. The largest absolute Gasteiger partial charge is 0.506 e. The van der Waals surface area contributed by atoms with Crippen LogP contribution in [-0.4, -0.2) is 107 Å². The van der Waals surface area contributed by atoms with E-state index in [2.05, 4.69) is 17.0 Å². The SMILES string of the molecule is COc1cc2c3c(O)c(c(C4CCCC4)cc3c1)C(=O)CN1Cc3c(cccc3C1=O)CC#CO[C@H]1[C@H](O)[C@@H](COCC3=C4[CH+]C=CC=C4N=C3)O[C@H](O2)[C@@]1(O)CO. The number of benzene rings is 3. The van der Waals surface area contributed by atoms with Gasteiger partial charge in [0.25, 0.3) is 5.91 Å². The smallest absolute Gasteiger partial charge is 0.254 e. The van der Waals surface area contributed by atoms with Crippen LogP contribution >= 0.6 is 0 Å². The van der Waals surface area contributed by atoms with Gasteiger partial charge in [-0.25, -0.2) is 0 Å². The van der Waals surface area contributed by atoms with Crippen LogP contribution in [0.5, 0.6) is 17.2 Å². The van der Waals surface area contributed by atoms with Crippen LogP contribution < -0.4 is 9.47 Å². The maximum absolute atomic E-state index is 14.5. The van der Waals surface area contributed by atoms with Crippen LogP contribution in [0.15, 0.2) is 76.5 Å². The minimum atomic E-state index is -2.42. The number of methoxy groups -OCH3 is 1. The molecule has 2 aliphatic carbocycles. The number of aliphatic imine (C=N–C) groups is 1. The number of ketones is 1. The number of allylic oxidation sites excluding steroid dienone is 4. The molecule has 0 spiro atoms. The highest BCUT2D eigenvalue weighted by Gasteiger charge is 2.58. The first kappa shape index (κ1) is 37.9. The number of nitrogens with zero attached hydrogens (tertiary/aromatic N) is 2. The van der Waals surface area contributed by atoms with Crippen molar-refractivity contribution >= 4 is 28.7 Å². The Morgan fingerprint density at radius 2 is 1.98 bits per heavy atom. The van der Waals surface area contributed by atoms with E-state index in [1.807, 2.05) is 36.8 Å². The van der Waals surface area contributed by atoms with Crippen molar-refractivity contribution in [1.29, 1.82) is 0 Å². The van der Waals surface area contributed by atoms with Crippen LogP contribution in [0.3, 0.4) is 0 Å². The van der Waals surface area contributed by atoms with Gasteiger partial charge in [-0.3, -0.25) is 9.59 Å². The third kappa shape index (κ3) is 6.51. The van der Waals surface area contributed by atoms with Gasteiger partial charge in [0, 0.05) is 49.2 Å². The second-order valence-electron chi connectivity index (χ2n) is 15.5. The fourth-order valence-electron chi connectivity index (χ4n) is 8.95. The number of hydrogen-bond donors (Lipinski definition) is 4. The van der Waals surface area contributed by atoms with Crippen LogP contribution in [0.1, 0.15) is 69.0 Å². The molecule has 6 bridgehead atoms. The van der Waals surface area contributed by atoms with E-state index >= 15 is 0 Å². The Balaban J connectivity index is 1.15. The summed E-state index contributed by atoms with van der Waals surface area (Å²) in [5.74, 6) is 2.13. The number of rotatable bonds is 7. The summed E-state index contributed by atoms with van der Waals surface area (Å²) in [5, 5.41) is 47.7. The highest BCUT2D eigenvalue weighted by molar-refractivity contribution is 6.11. The van der Waals surface area contributed by atoms with E-state index in [1.165, 1.54) is 18.1 Å². The summed E-state index contributed by atoms with van der Waals surface area (Å²) in [6.07, 6.45) is 9.60. The topological polar surface area (TPSA) is 177 Å². The van der Waals surface area contributed by atoms with Crippen LogP contribution in [0, 0.1) is 18.4 Å². The number of aliphatic hydroxyl groups excluding tert-OH is 2. The first-order valence-corrected chi connectivity index (χ1v) is 19.5. The van der Waals surface area contributed by atoms with Crippen molar-refractivity contribution in [2.45, 2.75) is 74.8 Å². The summed E-state index contributed by atoms with van der Waals surface area (Å²) in [5.41, 5.74) is 2.81. The summed E-state index contributed by atoms with van der Waals surface area (Å²) in [4.78, 5) is 34.1. The lowest BCUT2D eigenvalue weighted by atomic mass is 9.86. The van der Waals surface area contributed by atoms with Gasteiger partial charge in [0.2, 0.25) is 6.29 Å². The molecule has 5 atom stereocenters. The number of Topliss-reactive ketones (excluding diaryl/α,β-unsaturated/α-hetero) is 1. The van der Waals surface area contributed by atoms with Gasteiger partial charge in [-0.1, -0.05) is 30.9 Å². The lowest BCUT2D eigenvalue weighted by molar-refractivity contribution is -0.327. The zero-order valence-corrected chi connectivity index (χ0v) is 31.8. The van der Waals surface area contributed by atoms with Crippen molar-refractivity contribution in [2.75, 3.05) is 33.5 Å². The third-order valence-electron chi connectivity index (χ3n) is 12.0. The molecule has 1 saturated carbocycles. The predicted octanol–water partition coefficient (Wildman–Crippen LogP) is 4.20. The Morgan fingerprint density at radius 1 is 1.14 bits per heavy atom. The average Bonchev–Trinajstić information content (AvgIpc) is 3.99. The van der Waals surface area contributed by atoms with Crippen molar-refractivity contribution in [1.82, 2.24) is 4.90 Å². The molecule has 1 amide bonds. The van der Waals surface area contributed by atoms with Gasteiger partial charge >= 0.3 is 0 Å². The van der Waals surface area contributed by atoms with E-state index in [0.29, 0.717) is 22.3 Å². The van der Waals surface area contributed by atoms with E-state index in [9.17, 15) is 30.0 Å². The lowest BCUT2D eigenvalue weighted by Crippen LogP contribution is -2.70. The quantitative estimate of drug-likeness (QED) is 0.200. The molecule has 58 heavy (non-hydrogen) atoms. The third-order valence-corrected chi connectivity index (χ3v) is 12.0. The fraction of sp³-hybridized carbons (Fsp3) is 0.378. The van der Waals surface area contributed by atoms with E-state index in [0.717, 1.165) is 53.7 Å². The van der Waals surface area contributed by atoms with Crippen molar-refractivity contribution in [3.05, 3.63) is 106 Å². The zero-order valence-electron chi connectivity index (χ0n) is 31.8. The summed E-state index contributed by atoms with van der Waals surface area (Å²) in [6, 6.07) is 10.3. The van der Waals surface area contributed by atoms with Gasteiger partial charge in [-0.15, -0.1) is 0 Å². The summed E-state index contributed by atoms with van der Waals surface area (Å²) in [7, 11) is 1.47. The maximum atomic E-state index is 14.5. The molecule has 0 radical (unpaired) electrons. The van der Waals surface area contributed by atoms with Gasteiger partial charge in [-0.2, -0.15) is 4.99 Å². The number of aliphatic hydroxyl groups is 3. The molecular weight excluding hydrogens is 744 g/mol. The Bertz CT molecular complexity index is 2380. The standard InChI is InChI=1S/C45H42N2O11/c1-54-29-16-27-17-32(25-8-2-3-9-25)39-35(49)21-47-20-33-26(10-6-13-31(33)43(47)52)11-7-15-56-42-40(50)37(23-55-22-28-19-46-34-14-5-4-12-30(28)34)58-44(45(42,53)24-48)57-36(18-29)38(27)41(39)51/h4-6,10,12-14,16-19,25,37,40,42,44,48,50,53H,2-3,8-9,11,20-24H2,1H3/p+1/t37-,40-,42+,44+,45-/m1/s1. The molecule has 9 rings (SSSR count). The second kappa shape index (κ2) is 15.3. The molecule has 0 unspecified atom stereocenters. The number of aromatic hydroxyl groups is 1. The Labute approximate surface area is 334 Å². The van der Waals surface area contributed by atoms with Crippen molar-refractivity contribution in [2.24, 2.45) is 4.99 Å². The van der Waals surface area contributed by atoms with Gasteiger partial charge in [0.1, 0.15) is 47.7 Å². The molecule has 1 saturated heterocycles. The molecule has 0 aromatic heterocycles. The van der Waals surface area contributed by atoms with Crippen molar-refractivity contribution in [3.63, 3.8) is 0 Å². The number of ether oxygens (including phenoxy) is 5. The molecule has 13 nitrogen and oxygen atoms in total. The average molecular weight is 788 g/mol. The van der Waals surface area contributed by atoms with E-state index in [-0.39, 0.29) is 67.0 Å². The molecule has 3 aromatic rings.